The lowest BCUT2D eigenvalue weighted by Crippen LogP contribution is -2.13. The molecule has 1 heterocycles. The van der Waals surface area contributed by atoms with Crippen LogP contribution in [0.1, 0.15) is 18.1 Å². The van der Waals surface area contributed by atoms with Gasteiger partial charge in [0, 0.05) is 29.7 Å². The largest absolute Gasteiger partial charge is 0.497 e. The SMILES string of the molecule is CCOC(=O)/C=C(\c1cccnc1)c1cccc(NS(=O)(=O)c2ccc(OC)cc2)c1. The van der Waals surface area contributed by atoms with Gasteiger partial charge in [-0.2, -0.15) is 0 Å². The monoisotopic (exact) mass is 438 g/mol. The number of carbonyl (C=O) groups is 1. The van der Waals surface area contributed by atoms with Gasteiger partial charge in [-0.05, 0) is 60.5 Å². The summed E-state index contributed by atoms with van der Waals surface area (Å²) in [5, 5.41) is 0. The fourth-order valence-electron chi connectivity index (χ4n) is 2.88. The first kappa shape index (κ1) is 22.0. The minimum atomic E-state index is -3.81. The Labute approximate surface area is 181 Å². The van der Waals surface area contributed by atoms with E-state index in [0.29, 0.717) is 28.1 Å². The second-order valence-electron chi connectivity index (χ2n) is 6.41. The number of nitrogens with one attached hydrogen (secondary N) is 1. The van der Waals surface area contributed by atoms with Crippen molar-refractivity contribution in [2.24, 2.45) is 0 Å². The van der Waals surface area contributed by atoms with Gasteiger partial charge in [0.2, 0.25) is 0 Å². The van der Waals surface area contributed by atoms with Crippen LogP contribution in [-0.2, 0) is 19.6 Å². The maximum Gasteiger partial charge on any atom is 0.331 e. The van der Waals surface area contributed by atoms with Crippen LogP contribution in [0.2, 0.25) is 0 Å². The lowest BCUT2D eigenvalue weighted by atomic mass is 9.98. The van der Waals surface area contributed by atoms with Crippen molar-refractivity contribution in [1.29, 1.82) is 0 Å². The summed E-state index contributed by atoms with van der Waals surface area (Å²) in [7, 11) is -2.30. The quantitative estimate of drug-likeness (QED) is 0.424. The van der Waals surface area contributed by atoms with Crippen LogP contribution in [0.3, 0.4) is 0 Å². The lowest BCUT2D eigenvalue weighted by Gasteiger charge is -2.12. The molecular formula is C23H22N2O5S. The van der Waals surface area contributed by atoms with E-state index in [2.05, 4.69) is 9.71 Å². The smallest absolute Gasteiger partial charge is 0.331 e. The first-order valence-corrected chi connectivity index (χ1v) is 11.0. The molecule has 0 spiro atoms. The van der Waals surface area contributed by atoms with Crippen LogP contribution < -0.4 is 9.46 Å². The van der Waals surface area contributed by atoms with E-state index in [0.717, 1.165) is 0 Å². The predicted molar refractivity (Wildman–Crippen MR) is 118 cm³/mol. The third-order valence-corrected chi connectivity index (χ3v) is 5.71. The van der Waals surface area contributed by atoms with Crippen LogP contribution in [0, 0.1) is 0 Å². The Kier molecular flexibility index (Phi) is 7.04. The fraction of sp³-hybridized carbons (Fsp3) is 0.130. The molecule has 0 aliphatic carbocycles. The number of hydrogen-bond donors (Lipinski definition) is 1. The number of rotatable bonds is 8. The van der Waals surface area contributed by atoms with Gasteiger partial charge < -0.3 is 9.47 Å². The topological polar surface area (TPSA) is 94.6 Å². The van der Waals surface area contributed by atoms with Gasteiger partial charge in [0.1, 0.15) is 5.75 Å². The Balaban J connectivity index is 1.95. The first-order chi connectivity index (χ1) is 14.9. The van der Waals surface area contributed by atoms with Crippen molar-refractivity contribution in [1.82, 2.24) is 4.98 Å². The second kappa shape index (κ2) is 9.90. The summed E-state index contributed by atoms with van der Waals surface area (Å²) >= 11 is 0. The van der Waals surface area contributed by atoms with Gasteiger partial charge in [0.05, 0.1) is 18.6 Å². The number of benzene rings is 2. The number of nitrogens with zero attached hydrogens (tertiary/aromatic N) is 1. The molecule has 0 aliphatic heterocycles. The van der Waals surface area contributed by atoms with E-state index in [1.807, 2.05) is 6.07 Å². The maximum atomic E-state index is 12.8. The highest BCUT2D eigenvalue weighted by molar-refractivity contribution is 7.92. The van der Waals surface area contributed by atoms with Crippen LogP contribution >= 0.6 is 0 Å². The van der Waals surface area contributed by atoms with E-state index in [-0.39, 0.29) is 11.5 Å². The molecule has 7 nitrogen and oxygen atoms in total. The summed E-state index contributed by atoms with van der Waals surface area (Å²) in [6, 6.07) is 16.4. The lowest BCUT2D eigenvalue weighted by molar-refractivity contribution is -0.137. The van der Waals surface area contributed by atoms with Gasteiger partial charge >= 0.3 is 5.97 Å². The molecular weight excluding hydrogens is 416 g/mol. The third-order valence-electron chi connectivity index (χ3n) is 4.32. The third kappa shape index (κ3) is 5.70. The van der Waals surface area contributed by atoms with Gasteiger partial charge in [-0.1, -0.05) is 18.2 Å². The molecule has 0 saturated heterocycles. The summed E-state index contributed by atoms with van der Waals surface area (Å²) in [5.74, 6) is 0.0664. The van der Waals surface area contributed by atoms with Crippen molar-refractivity contribution in [3.63, 3.8) is 0 Å². The van der Waals surface area contributed by atoms with E-state index >= 15 is 0 Å². The Morgan fingerprint density at radius 2 is 1.81 bits per heavy atom. The molecule has 160 valence electrons. The minimum Gasteiger partial charge on any atom is -0.497 e. The van der Waals surface area contributed by atoms with Crippen molar-refractivity contribution >= 4 is 27.3 Å². The number of ether oxygens (including phenoxy) is 2. The van der Waals surface area contributed by atoms with Crippen LogP contribution in [0.25, 0.3) is 5.57 Å². The zero-order valence-corrected chi connectivity index (χ0v) is 17.9. The maximum absolute atomic E-state index is 12.8. The van der Waals surface area contributed by atoms with Crippen LogP contribution in [0.15, 0.2) is 84.0 Å². The number of pyridine rings is 1. The zero-order valence-electron chi connectivity index (χ0n) is 17.1. The molecule has 2 aromatic carbocycles. The van der Waals surface area contributed by atoms with Gasteiger partial charge in [-0.25, -0.2) is 13.2 Å². The van der Waals surface area contributed by atoms with E-state index in [4.69, 9.17) is 9.47 Å². The van der Waals surface area contributed by atoms with Gasteiger partial charge in [-0.3, -0.25) is 9.71 Å². The van der Waals surface area contributed by atoms with E-state index < -0.39 is 16.0 Å². The van der Waals surface area contributed by atoms with E-state index in [1.165, 1.54) is 25.3 Å². The number of sulfonamides is 1. The van der Waals surface area contributed by atoms with Gasteiger partial charge in [0.15, 0.2) is 0 Å². The molecule has 0 bridgehead atoms. The van der Waals surface area contributed by atoms with Crippen molar-refractivity contribution in [2.75, 3.05) is 18.4 Å². The van der Waals surface area contributed by atoms with Crippen molar-refractivity contribution in [3.05, 3.63) is 90.3 Å². The average molecular weight is 439 g/mol. The molecule has 0 amide bonds. The Hall–Kier alpha value is -3.65. The molecule has 31 heavy (non-hydrogen) atoms. The molecule has 8 heteroatoms. The van der Waals surface area contributed by atoms with Crippen LogP contribution in [-0.4, -0.2) is 33.1 Å². The van der Waals surface area contributed by atoms with Gasteiger partial charge in [0.25, 0.3) is 10.0 Å². The molecule has 0 atom stereocenters. The van der Waals surface area contributed by atoms with Crippen molar-refractivity contribution in [3.8, 4) is 5.75 Å². The van der Waals surface area contributed by atoms with Crippen LogP contribution in [0.5, 0.6) is 5.75 Å². The zero-order chi connectivity index (χ0) is 22.3. The highest BCUT2D eigenvalue weighted by atomic mass is 32.2. The summed E-state index contributed by atoms with van der Waals surface area (Å²) in [5.41, 5.74) is 2.26. The fourth-order valence-corrected chi connectivity index (χ4v) is 3.93. The highest BCUT2D eigenvalue weighted by Gasteiger charge is 2.16. The molecule has 0 saturated carbocycles. The highest BCUT2D eigenvalue weighted by Crippen LogP contribution is 2.27. The number of methoxy groups -OCH3 is 1. The molecule has 1 N–H and O–H groups in total. The van der Waals surface area contributed by atoms with Gasteiger partial charge in [-0.15, -0.1) is 0 Å². The molecule has 0 fully saturated rings. The molecule has 3 rings (SSSR count). The minimum absolute atomic E-state index is 0.105. The summed E-state index contributed by atoms with van der Waals surface area (Å²) in [6.07, 6.45) is 4.63. The van der Waals surface area contributed by atoms with E-state index in [9.17, 15) is 13.2 Å². The second-order valence-corrected chi connectivity index (χ2v) is 8.10. The first-order valence-electron chi connectivity index (χ1n) is 9.49. The normalized spacial score (nSPS) is 11.6. The van der Waals surface area contributed by atoms with Crippen molar-refractivity contribution < 1.29 is 22.7 Å². The van der Waals surface area contributed by atoms with E-state index in [1.54, 1.807) is 61.8 Å². The average Bonchev–Trinajstić information content (AvgIpc) is 2.78. The molecule has 3 aromatic rings. The summed E-state index contributed by atoms with van der Waals surface area (Å²) < 4.78 is 38.2. The molecule has 0 aliphatic rings. The molecule has 0 radical (unpaired) electrons. The number of anilines is 1. The Bertz CT molecular complexity index is 1170. The molecule has 0 unspecified atom stereocenters. The summed E-state index contributed by atoms with van der Waals surface area (Å²) in [4.78, 5) is 16.3. The standard InChI is InChI=1S/C23H22N2O5S/c1-3-30-23(26)15-22(18-7-5-13-24-16-18)17-6-4-8-19(14-17)25-31(27,28)21-11-9-20(29-2)10-12-21/h4-16,25H,3H2,1-2H3/b22-15-. The molecule has 1 aromatic heterocycles. The predicted octanol–water partition coefficient (Wildman–Crippen LogP) is 3.89. The summed E-state index contributed by atoms with van der Waals surface area (Å²) in [6.45, 7) is 1.97. The number of esters is 1. The van der Waals surface area contributed by atoms with Crippen LogP contribution in [0.4, 0.5) is 5.69 Å². The number of carbonyl (C=O) groups excluding carboxylic acids is 1. The number of hydrogen-bond acceptors (Lipinski definition) is 6. The number of aromatic nitrogens is 1. The Morgan fingerprint density at radius 1 is 1.06 bits per heavy atom. The van der Waals surface area contributed by atoms with Crippen molar-refractivity contribution in [2.45, 2.75) is 11.8 Å². The Morgan fingerprint density at radius 3 is 2.45 bits per heavy atom.